The van der Waals surface area contributed by atoms with Crippen LogP contribution in [0.25, 0.3) is 0 Å². The molecule has 2 N–H and O–H groups in total. The fraction of sp³-hybridized carbons (Fsp3) is 0.586. The summed E-state index contributed by atoms with van der Waals surface area (Å²) in [5.41, 5.74) is 2.41. The molecule has 202 valence electrons. The Bertz CT molecular complexity index is 1140. The van der Waals surface area contributed by atoms with Crippen LogP contribution in [-0.2, 0) is 17.6 Å². The Morgan fingerprint density at radius 3 is 2.59 bits per heavy atom. The number of ether oxygens (including phenoxy) is 2. The third-order valence-corrected chi connectivity index (χ3v) is 8.91. The van der Waals surface area contributed by atoms with Crippen LogP contribution >= 0.6 is 11.3 Å². The average Bonchev–Trinajstić information content (AvgIpc) is 3.20. The largest absolute Gasteiger partial charge is 0.497 e. The standard InChI is InChI=1S/C29H41N3O4S/c1-18-8-7-13-32(16-18)17-25(33)31-28-26(21-11-9-19(29(2,3)4)14-24(21)37-28)27(34)30-22-12-10-20(35-5)15-23(22)36-6/h10,12,15,18-19H,7-9,11,13-14,16-17H2,1-6H3,(H,30,34)(H,31,33)/t18-,19-/m0/s1. The van der Waals surface area contributed by atoms with E-state index in [2.05, 4.69) is 43.2 Å². The molecule has 2 atom stereocenters. The van der Waals surface area contributed by atoms with Crippen LogP contribution in [0.4, 0.5) is 10.7 Å². The number of benzene rings is 1. The lowest BCUT2D eigenvalue weighted by Crippen LogP contribution is -2.39. The van der Waals surface area contributed by atoms with Crippen LogP contribution in [0.2, 0.25) is 0 Å². The second-order valence-corrected chi connectivity index (χ2v) is 12.7. The Hall–Kier alpha value is -2.58. The van der Waals surface area contributed by atoms with Crippen LogP contribution < -0.4 is 20.1 Å². The van der Waals surface area contributed by atoms with Gasteiger partial charge in [-0.25, -0.2) is 0 Å². The third-order valence-electron chi connectivity index (χ3n) is 7.74. The lowest BCUT2D eigenvalue weighted by Gasteiger charge is -2.33. The van der Waals surface area contributed by atoms with Gasteiger partial charge in [-0.3, -0.25) is 14.5 Å². The van der Waals surface area contributed by atoms with Gasteiger partial charge in [0, 0.05) is 17.5 Å². The first-order valence-electron chi connectivity index (χ1n) is 13.3. The number of hydrogen-bond acceptors (Lipinski definition) is 6. The minimum Gasteiger partial charge on any atom is -0.497 e. The molecule has 7 nitrogen and oxygen atoms in total. The highest BCUT2D eigenvalue weighted by atomic mass is 32.1. The van der Waals surface area contributed by atoms with E-state index in [0.717, 1.165) is 44.3 Å². The molecule has 1 fully saturated rings. The zero-order chi connectivity index (χ0) is 26.7. The minimum atomic E-state index is -0.225. The van der Waals surface area contributed by atoms with Crippen molar-refractivity contribution in [2.75, 3.05) is 44.5 Å². The Kier molecular flexibility index (Phi) is 8.49. The molecule has 1 aromatic heterocycles. The van der Waals surface area contributed by atoms with Crippen molar-refractivity contribution in [2.24, 2.45) is 17.3 Å². The predicted octanol–water partition coefficient (Wildman–Crippen LogP) is 5.84. The van der Waals surface area contributed by atoms with Crippen LogP contribution in [0, 0.1) is 17.3 Å². The van der Waals surface area contributed by atoms with Gasteiger partial charge in [0.2, 0.25) is 5.91 Å². The van der Waals surface area contributed by atoms with Crippen LogP contribution in [0.15, 0.2) is 18.2 Å². The number of amides is 2. The summed E-state index contributed by atoms with van der Waals surface area (Å²) in [5, 5.41) is 6.81. The normalized spacial score (nSPS) is 20.2. The molecule has 2 amide bonds. The lowest BCUT2D eigenvalue weighted by molar-refractivity contribution is -0.117. The first kappa shape index (κ1) is 27.5. The van der Waals surface area contributed by atoms with Gasteiger partial charge < -0.3 is 20.1 Å². The molecule has 1 aliphatic carbocycles. The molecule has 0 saturated carbocycles. The van der Waals surface area contributed by atoms with Crippen molar-refractivity contribution in [1.29, 1.82) is 0 Å². The number of likely N-dealkylation sites (tertiary alicyclic amines) is 1. The van der Waals surface area contributed by atoms with Crippen LogP contribution in [0.1, 0.15) is 67.8 Å². The van der Waals surface area contributed by atoms with Gasteiger partial charge in [0.25, 0.3) is 5.91 Å². The monoisotopic (exact) mass is 527 g/mol. The Morgan fingerprint density at radius 2 is 1.92 bits per heavy atom. The molecule has 0 unspecified atom stereocenters. The van der Waals surface area contributed by atoms with Gasteiger partial charge in [0.05, 0.1) is 32.0 Å². The highest BCUT2D eigenvalue weighted by molar-refractivity contribution is 7.17. The highest BCUT2D eigenvalue weighted by Crippen LogP contribution is 2.44. The minimum absolute atomic E-state index is 0.0591. The number of carbonyl (C=O) groups excluding carboxylic acids is 2. The molecule has 8 heteroatoms. The molecule has 2 heterocycles. The number of piperidine rings is 1. The van der Waals surface area contributed by atoms with Gasteiger partial charge in [-0.15, -0.1) is 11.3 Å². The zero-order valence-corrected chi connectivity index (χ0v) is 23.8. The van der Waals surface area contributed by atoms with Crippen LogP contribution in [0.3, 0.4) is 0 Å². The molecular formula is C29H41N3O4S. The topological polar surface area (TPSA) is 79.9 Å². The number of anilines is 2. The number of hydrogen-bond donors (Lipinski definition) is 2. The smallest absolute Gasteiger partial charge is 0.259 e. The Labute approximate surface area is 224 Å². The number of carbonyl (C=O) groups is 2. The van der Waals surface area contributed by atoms with E-state index in [1.807, 2.05) is 0 Å². The molecule has 1 aliphatic heterocycles. The van der Waals surface area contributed by atoms with Crippen molar-refractivity contribution < 1.29 is 19.1 Å². The van der Waals surface area contributed by atoms with Crippen molar-refractivity contribution in [3.63, 3.8) is 0 Å². The van der Waals surface area contributed by atoms with E-state index in [4.69, 9.17) is 9.47 Å². The predicted molar refractivity (Wildman–Crippen MR) is 150 cm³/mol. The summed E-state index contributed by atoms with van der Waals surface area (Å²) in [6.45, 7) is 11.3. The number of nitrogens with zero attached hydrogens (tertiary/aromatic N) is 1. The Balaban J connectivity index is 1.61. The molecule has 0 bridgehead atoms. The summed E-state index contributed by atoms with van der Waals surface area (Å²) >= 11 is 1.57. The van der Waals surface area contributed by atoms with E-state index in [0.29, 0.717) is 46.1 Å². The summed E-state index contributed by atoms with van der Waals surface area (Å²) in [7, 11) is 3.16. The maximum Gasteiger partial charge on any atom is 0.259 e. The lowest BCUT2D eigenvalue weighted by atomic mass is 9.72. The van der Waals surface area contributed by atoms with E-state index in [-0.39, 0.29) is 17.2 Å². The van der Waals surface area contributed by atoms with E-state index in [1.54, 1.807) is 43.8 Å². The molecular weight excluding hydrogens is 486 g/mol. The summed E-state index contributed by atoms with van der Waals surface area (Å²) in [4.78, 5) is 30.3. The molecule has 1 saturated heterocycles. The Morgan fingerprint density at radius 1 is 1.14 bits per heavy atom. The molecule has 0 radical (unpaired) electrons. The quantitative estimate of drug-likeness (QED) is 0.473. The van der Waals surface area contributed by atoms with Gasteiger partial charge in [-0.2, -0.15) is 0 Å². The summed E-state index contributed by atoms with van der Waals surface area (Å²) < 4.78 is 10.8. The van der Waals surface area contributed by atoms with Gasteiger partial charge in [0.1, 0.15) is 16.5 Å². The van der Waals surface area contributed by atoms with Crippen LogP contribution in [0.5, 0.6) is 11.5 Å². The van der Waals surface area contributed by atoms with Crippen molar-refractivity contribution in [3.05, 3.63) is 34.2 Å². The number of methoxy groups -OCH3 is 2. The second-order valence-electron chi connectivity index (χ2n) is 11.6. The number of nitrogens with one attached hydrogen (secondary N) is 2. The first-order chi connectivity index (χ1) is 17.6. The molecule has 37 heavy (non-hydrogen) atoms. The van der Waals surface area contributed by atoms with Crippen molar-refractivity contribution >= 4 is 33.8 Å². The van der Waals surface area contributed by atoms with Crippen molar-refractivity contribution in [1.82, 2.24) is 4.90 Å². The second kappa shape index (κ2) is 11.4. The highest BCUT2D eigenvalue weighted by Gasteiger charge is 2.34. The van der Waals surface area contributed by atoms with E-state index >= 15 is 0 Å². The van der Waals surface area contributed by atoms with Gasteiger partial charge in [-0.05, 0) is 73.6 Å². The molecule has 1 aromatic carbocycles. The number of fused-ring (bicyclic) bond motifs is 1. The van der Waals surface area contributed by atoms with E-state index < -0.39 is 0 Å². The molecule has 0 spiro atoms. The van der Waals surface area contributed by atoms with Gasteiger partial charge in [0.15, 0.2) is 0 Å². The fourth-order valence-electron chi connectivity index (χ4n) is 5.54. The van der Waals surface area contributed by atoms with E-state index in [1.165, 1.54) is 11.3 Å². The fourth-order valence-corrected chi connectivity index (χ4v) is 6.88. The van der Waals surface area contributed by atoms with Crippen LogP contribution in [-0.4, -0.2) is 50.6 Å². The third kappa shape index (κ3) is 6.47. The number of thiophene rings is 1. The first-order valence-corrected chi connectivity index (χ1v) is 14.1. The summed E-state index contributed by atoms with van der Waals surface area (Å²) in [6.07, 6.45) is 5.11. The van der Waals surface area contributed by atoms with Gasteiger partial charge >= 0.3 is 0 Å². The SMILES string of the molecule is COc1ccc(NC(=O)c2c(NC(=O)CN3CCC[C@H](C)C3)sc3c2CC[C@H](C(C)(C)C)C3)c(OC)c1. The van der Waals surface area contributed by atoms with Crippen molar-refractivity contribution in [2.45, 2.75) is 59.8 Å². The maximum atomic E-state index is 13.7. The molecule has 2 aromatic rings. The van der Waals surface area contributed by atoms with Crippen molar-refractivity contribution in [3.8, 4) is 11.5 Å². The summed E-state index contributed by atoms with van der Waals surface area (Å²) in [5.74, 6) is 2.03. The molecule has 2 aliphatic rings. The average molecular weight is 528 g/mol. The zero-order valence-electron chi connectivity index (χ0n) is 23.0. The summed E-state index contributed by atoms with van der Waals surface area (Å²) in [6, 6.07) is 5.31. The number of rotatable bonds is 7. The maximum absolute atomic E-state index is 13.7. The molecule has 4 rings (SSSR count). The van der Waals surface area contributed by atoms with E-state index in [9.17, 15) is 9.59 Å². The van der Waals surface area contributed by atoms with Gasteiger partial charge in [-0.1, -0.05) is 27.7 Å².